The summed E-state index contributed by atoms with van der Waals surface area (Å²) in [4.78, 5) is 26.0. The van der Waals surface area contributed by atoms with Gasteiger partial charge in [0.1, 0.15) is 4.88 Å². The van der Waals surface area contributed by atoms with Crippen molar-refractivity contribution in [1.82, 2.24) is 4.90 Å². The van der Waals surface area contributed by atoms with Gasteiger partial charge in [0.25, 0.3) is 5.91 Å². The molecule has 2 amide bonds. The topological polar surface area (TPSA) is 63.4 Å². The van der Waals surface area contributed by atoms with Crippen LogP contribution in [0, 0.1) is 0 Å². The predicted molar refractivity (Wildman–Crippen MR) is 74.5 cm³/mol. The van der Waals surface area contributed by atoms with Gasteiger partial charge in [-0.05, 0) is 46.6 Å². The van der Waals surface area contributed by atoms with Crippen LogP contribution < -0.4 is 5.73 Å². The van der Waals surface area contributed by atoms with Crippen LogP contribution in [0.5, 0.6) is 0 Å². The van der Waals surface area contributed by atoms with Gasteiger partial charge in [-0.2, -0.15) is 0 Å². The lowest BCUT2D eigenvalue weighted by atomic mass is 9.99. The molecule has 1 unspecified atom stereocenters. The lowest BCUT2D eigenvalue weighted by Gasteiger charge is -2.35. The molecule has 0 spiro atoms. The molecule has 98 valence electrons. The maximum absolute atomic E-state index is 12.4. The molecule has 0 aromatic carbocycles. The summed E-state index contributed by atoms with van der Waals surface area (Å²) in [5.41, 5.74) is 5.25. The number of rotatable bonds is 3. The first kappa shape index (κ1) is 13.5. The van der Waals surface area contributed by atoms with E-state index in [0.717, 1.165) is 23.7 Å². The Bertz CT molecular complexity index is 461. The van der Waals surface area contributed by atoms with Gasteiger partial charge < -0.3 is 10.6 Å². The van der Waals surface area contributed by atoms with E-state index in [9.17, 15) is 9.59 Å². The highest BCUT2D eigenvalue weighted by Gasteiger charge is 2.29. The van der Waals surface area contributed by atoms with Gasteiger partial charge in [0.05, 0.1) is 0 Å². The molecule has 18 heavy (non-hydrogen) atoms. The Morgan fingerprint density at radius 2 is 2.28 bits per heavy atom. The van der Waals surface area contributed by atoms with Crippen molar-refractivity contribution in [1.29, 1.82) is 0 Å². The van der Waals surface area contributed by atoms with Crippen LogP contribution >= 0.6 is 27.3 Å². The number of carbonyl (C=O) groups excluding carboxylic acids is 2. The number of amides is 2. The Kier molecular flexibility index (Phi) is 4.40. The molecule has 6 heteroatoms. The smallest absolute Gasteiger partial charge is 0.265 e. The fourth-order valence-electron chi connectivity index (χ4n) is 2.29. The summed E-state index contributed by atoms with van der Waals surface area (Å²) < 4.78 is 0.820. The quantitative estimate of drug-likeness (QED) is 0.924. The lowest BCUT2D eigenvalue weighted by Crippen LogP contribution is -2.45. The Balaban J connectivity index is 2.16. The number of thiophene rings is 1. The highest BCUT2D eigenvalue weighted by Crippen LogP contribution is 2.28. The zero-order valence-corrected chi connectivity index (χ0v) is 12.3. The van der Waals surface area contributed by atoms with Gasteiger partial charge in [0.15, 0.2) is 0 Å². The maximum Gasteiger partial charge on any atom is 0.265 e. The molecule has 2 rings (SSSR count). The number of carbonyl (C=O) groups is 2. The van der Waals surface area contributed by atoms with E-state index in [-0.39, 0.29) is 24.3 Å². The minimum atomic E-state index is -0.343. The third-order valence-corrected chi connectivity index (χ3v) is 4.96. The molecule has 1 aliphatic heterocycles. The molecule has 4 nitrogen and oxygen atoms in total. The first-order valence-corrected chi connectivity index (χ1v) is 7.59. The van der Waals surface area contributed by atoms with Crippen LogP contribution in [0.2, 0.25) is 0 Å². The van der Waals surface area contributed by atoms with Gasteiger partial charge in [-0.3, -0.25) is 9.59 Å². The maximum atomic E-state index is 12.4. The molecule has 0 bridgehead atoms. The van der Waals surface area contributed by atoms with E-state index in [0.29, 0.717) is 11.4 Å². The minimum Gasteiger partial charge on any atom is -0.370 e. The molecule has 2 heterocycles. The highest BCUT2D eigenvalue weighted by molar-refractivity contribution is 9.10. The average Bonchev–Trinajstić information content (AvgIpc) is 2.74. The summed E-state index contributed by atoms with van der Waals surface area (Å²) in [5, 5.41) is 1.88. The van der Waals surface area contributed by atoms with Crippen LogP contribution in [-0.4, -0.2) is 29.3 Å². The van der Waals surface area contributed by atoms with Crippen LogP contribution in [0.3, 0.4) is 0 Å². The summed E-state index contributed by atoms with van der Waals surface area (Å²) in [6.07, 6.45) is 3.16. The van der Waals surface area contributed by atoms with Crippen LogP contribution in [0.15, 0.2) is 15.9 Å². The molecular formula is C12H15BrN2O2S. The second-order valence-corrected chi connectivity index (χ2v) is 6.19. The molecule has 1 fully saturated rings. The van der Waals surface area contributed by atoms with Gasteiger partial charge in [0.2, 0.25) is 5.91 Å². The number of nitrogens with two attached hydrogens (primary N) is 1. The average molecular weight is 331 g/mol. The number of primary amides is 1. The Hall–Kier alpha value is -0.880. The van der Waals surface area contributed by atoms with E-state index in [1.807, 2.05) is 11.4 Å². The van der Waals surface area contributed by atoms with E-state index in [2.05, 4.69) is 15.9 Å². The minimum absolute atomic E-state index is 0.00262. The second kappa shape index (κ2) is 5.84. The van der Waals surface area contributed by atoms with Crippen molar-refractivity contribution >= 4 is 39.1 Å². The molecule has 1 saturated heterocycles. The Morgan fingerprint density at radius 3 is 2.89 bits per heavy atom. The standard InChI is InChI=1S/C12H15BrN2O2S/c13-9-4-6-18-11(9)12(17)15-5-2-1-3-8(15)7-10(14)16/h4,6,8H,1-3,5,7H2,(H2,14,16). The van der Waals surface area contributed by atoms with Crippen molar-refractivity contribution < 1.29 is 9.59 Å². The summed E-state index contributed by atoms with van der Waals surface area (Å²) in [6, 6.07) is 1.82. The van der Waals surface area contributed by atoms with Gasteiger partial charge in [-0.1, -0.05) is 0 Å². The molecule has 0 aliphatic carbocycles. The number of hydrogen-bond acceptors (Lipinski definition) is 3. The number of hydrogen-bond donors (Lipinski definition) is 1. The van der Waals surface area contributed by atoms with Crippen molar-refractivity contribution in [2.75, 3.05) is 6.54 Å². The second-order valence-electron chi connectivity index (χ2n) is 4.42. The summed E-state index contributed by atoms with van der Waals surface area (Å²) in [7, 11) is 0. The van der Waals surface area contributed by atoms with Crippen LogP contribution in [0.4, 0.5) is 0 Å². The number of piperidine rings is 1. The molecular weight excluding hydrogens is 316 g/mol. The third-order valence-electron chi connectivity index (χ3n) is 3.14. The van der Waals surface area contributed by atoms with Crippen molar-refractivity contribution in [2.24, 2.45) is 5.73 Å². The van der Waals surface area contributed by atoms with Crippen LogP contribution in [-0.2, 0) is 4.79 Å². The molecule has 1 aromatic rings. The van der Waals surface area contributed by atoms with Gasteiger partial charge in [-0.25, -0.2) is 0 Å². The number of nitrogens with zero attached hydrogens (tertiary/aromatic N) is 1. The fourth-order valence-corrected chi connectivity index (χ4v) is 3.79. The van der Waals surface area contributed by atoms with E-state index in [1.54, 1.807) is 4.90 Å². The van der Waals surface area contributed by atoms with E-state index < -0.39 is 0 Å². The number of halogens is 1. The third kappa shape index (κ3) is 2.92. The van der Waals surface area contributed by atoms with Gasteiger partial charge >= 0.3 is 0 Å². The van der Waals surface area contributed by atoms with Crippen molar-refractivity contribution in [3.8, 4) is 0 Å². The molecule has 1 aliphatic rings. The monoisotopic (exact) mass is 330 g/mol. The summed E-state index contributed by atoms with van der Waals surface area (Å²) in [6.45, 7) is 0.709. The summed E-state index contributed by atoms with van der Waals surface area (Å²) >= 11 is 4.79. The first-order valence-electron chi connectivity index (χ1n) is 5.92. The number of likely N-dealkylation sites (tertiary alicyclic amines) is 1. The Labute approximate surface area is 118 Å². The zero-order valence-electron chi connectivity index (χ0n) is 9.89. The first-order chi connectivity index (χ1) is 8.59. The lowest BCUT2D eigenvalue weighted by molar-refractivity contribution is -0.119. The van der Waals surface area contributed by atoms with Crippen LogP contribution in [0.25, 0.3) is 0 Å². The van der Waals surface area contributed by atoms with E-state index in [4.69, 9.17) is 5.73 Å². The van der Waals surface area contributed by atoms with Crippen LogP contribution in [0.1, 0.15) is 35.4 Å². The van der Waals surface area contributed by atoms with E-state index in [1.165, 1.54) is 11.3 Å². The van der Waals surface area contributed by atoms with Crippen molar-refractivity contribution in [3.05, 3.63) is 20.8 Å². The highest BCUT2D eigenvalue weighted by atomic mass is 79.9. The van der Waals surface area contributed by atoms with Gasteiger partial charge in [0, 0.05) is 23.5 Å². The largest absolute Gasteiger partial charge is 0.370 e. The molecule has 1 aromatic heterocycles. The SMILES string of the molecule is NC(=O)CC1CCCCN1C(=O)c1sccc1Br. The molecule has 1 atom stereocenters. The van der Waals surface area contributed by atoms with Crippen molar-refractivity contribution in [2.45, 2.75) is 31.7 Å². The molecule has 0 saturated carbocycles. The molecule has 2 N–H and O–H groups in total. The summed E-state index contributed by atoms with van der Waals surface area (Å²) in [5.74, 6) is -0.340. The van der Waals surface area contributed by atoms with E-state index >= 15 is 0 Å². The van der Waals surface area contributed by atoms with Crippen molar-refractivity contribution in [3.63, 3.8) is 0 Å². The fraction of sp³-hybridized carbons (Fsp3) is 0.500. The Morgan fingerprint density at radius 1 is 1.50 bits per heavy atom. The zero-order chi connectivity index (χ0) is 13.1. The van der Waals surface area contributed by atoms with Gasteiger partial charge in [-0.15, -0.1) is 11.3 Å². The normalized spacial score (nSPS) is 19.8. The predicted octanol–water partition coefficient (Wildman–Crippen LogP) is 2.38. The molecule has 0 radical (unpaired) electrons.